The predicted octanol–water partition coefficient (Wildman–Crippen LogP) is 5.97. The molecule has 0 aromatic heterocycles. The number of esters is 1. The van der Waals surface area contributed by atoms with Crippen molar-refractivity contribution in [3.8, 4) is 11.5 Å². The number of anilines is 1. The van der Waals surface area contributed by atoms with E-state index in [2.05, 4.69) is 5.32 Å². The highest BCUT2D eigenvalue weighted by Crippen LogP contribution is 2.28. The lowest BCUT2D eigenvalue weighted by atomic mass is 10.1. The van der Waals surface area contributed by atoms with Gasteiger partial charge in [-0.3, -0.25) is 14.4 Å². The average Bonchev–Trinajstić information content (AvgIpc) is 3.29. The Morgan fingerprint density at radius 3 is 2.28 bits per heavy atom. The maximum atomic E-state index is 13.6. The number of benzene rings is 4. The minimum absolute atomic E-state index is 0.0117. The van der Waals surface area contributed by atoms with Gasteiger partial charge in [-0.2, -0.15) is 0 Å². The molecular formula is C32H28N2O5. The third-order valence-corrected chi connectivity index (χ3v) is 6.47. The molecule has 4 aromatic carbocycles. The van der Waals surface area contributed by atoms with Crippen molar-refractivity contribution in [1.82, 2.24) is 4.90 Å². The molecule has 0 fully saturated rings. The number of hydrogen-bond donors (Lipinski definition) is 1. The SMILES string of the molecule is O=C(CCC(C(=O)Nc1cccc(Oc2ccccc2)c1)N1Cc2ccccc2C1=O)OCc1ccccc1. The third kappa shape index (κ3) is 6.51. The number of carbonyl (C=O) groups is 3. The van der Waals surface area contributed by atoms with Gasteiger partial charge in [-0.15, -0.1) is 0 Å². The molecule has 0 bridgehead atoms. The van der Waals surface area contributed by atoms with Gasteiger partial charge in [0.15, 0.2) is 0 Å². The van der Waals surface area contributed by atoms with Crippen LogP contribution in [-0.2, 0) is 27.5 Å². The Morgan fingerprint density at radius 1 is 0.821 bits per heavy atom. The van der Waals surface area contributed by atoms with Crippen molar-refractivity contribution < 1.29 is 23.9 Å². The Kier molecular flexibility index (Phi) is 7.98. The van der Waals surface area contributed by atoms with Crippen LogP contribution in [0.15, 0.2) is 109 Å². The van der Waals surface area contributed by atoms with Gasteiger partial charge in [0.25, 0.3) is 5.91 Å². The number of amides is 2. The van der Waals surface area contributed by atoms with Gasteiger partial charge in [0.2, 0.25) is 5.91 Å². The van der Waals surface area contributed by atoms with E-state index < -0.39 is 12.0 Å². The van der Waals surface area contributed by atoms with Crippen LogP contribution < -0.4 is 10.1 Å². The normalized spacial score (nSPS) is 12.9. The van der Waals surface area contributed by atoms with Gasteiger partial charge in [0.1, 0.15) is 24.1 Å². The van der Waals surface area contributed by atoms with Crippen LogP contribution in [0, 0.1) is 0 Å². The summed E-state index contributed by atoms with van der Waals surface area (Å²) in [7, 11) is 0. The smallest absolute Gasteiger partial charge is 0.306 e. The lowest BCUT2D eigenvalue weighted by Crippen LogP contribution is -2.44. The first-order valence-electron chi connectivity index (χ1n) is 12.8. The highest BCUT2D eigenvalue weighted by Gasteiger charge is 2.36. The lowest BCUT2D eigenvalue weighted by Gasteiger charge is -2.27. The van der Waals surface area contributed by atoms with Gasteiger partial charge >= 0.3 is 5.97 Å². The summed E-state index contributed by atoms with van der Waals surface area (Å²) in [6.45, 7) is 0.447. The predicted molar refractivity (Wildman–Crippen MR) is 147 cm³/mol. The Labute approximate surface area is 227 Å². The van der Waals surface area contributed by atoms with E-state index in [9.17, 15) is 14.4 Å². The van der Waals surface area contributed by atoms with Crippen LogP contribution in [0.3, 0.4) is 0 Å². The summed E-state index contributed by atoms with van der Waals surface area (Å²) >= 11 is 0. The Bertz CT molecular complexity index is 1460. The third-order valence-electron chi connectivity index (χ3n) is 6.47. The van der Waals surface area contributed by atoms with Crippen molar-refractivity contribution in [2.75, 3.05) is 5.32 Å². The van der Waals surface area contributed by atoms with Crippen LogP contribution >= 0.6 is 0 Å². The molecule has 39 heavy (non-hydrogen) atoms. The largest absolute Gasteiger partial charge is 0.461 e. The van der Waals surface area contributed by atoms with E-state index >= 15 is 0 Å². The van der Waals surface area contributed by atoms with Gasteiger partial charge in [0, 0.05) is 30.3 Å². The minimum atomic E-state index is -0.868. The molecular weight excluding hydrogens is 492 g/mol. The van der Waals surface area contributed by atoms with Crippen molar-refractivity contribution in [3.63, 3.8) is 0 Å². The van der Waals surface area contributed by atoms with E-state index in [1.54, 1.807) is 36.4 Å². The van der Waals surface area contributed by atoms with Gasteiger partial charge < -0.3 is 19.7 Å². The molecule has 7 heteroatoms. The first-order chi connectivity index (χ1) is 19.1. The van der Waals surface area contributed by atoms with E-state index in [-0.39, 0.29) is 31.3 Å². The highest BCUT2D eigenvalue weighted by molar-refractivity contribution is 6.03. The zero-order chi connectivity index (χ0) is 27.0. The number of fused-ring (bicyclic) bond motifs is 1. The molecule has 5 rings (SSSR count). The van der Waals surface area contributed by atoms with Crippen LogP contribution in [0.25, 0.3) is 0 Å². The van der Waals surface area contributed by atoms with Gasteiger partial charge in [-0.25, -0.2) is 0 Å². The second kappa shape index (κ2) is 12.1. The minimum Gasteiger partial charge on any atom is -0.461 e. The van der Waals surface area contributed by atoms with Crippen LogP contribution in [0.1, 0.15) is 34.3 Å². The molecule has 196 valence electrons. The molecule has 1 unspecified atom stereocenters. The van der Waals surface area contributed by atoms with Crippen LogP contribution in [0.5, 0.6) is 11.5 Å². The number of nitrogens with zero attached hydrogens (tertiary/aromatic N) is 1. The Morgan fingerprint density at radius 2 is 1.51 bits per heavy atom. The fraction of sp³-hybridized carbons (Fsp3) is 0.156. The number of hydrogen-bond acceptors (Lipinski definition) is 5. The molecule has 1 atom stereocenters. The summed E-state index contributed by atoms with van der Waals surface area (Å²) in [6, 6.07) is 32.2. The first-order valence-corrected chi connectivity index (χ1v) is 12.8. The number of rotatable bonds is 10. The molecule has 0 saturated carbocycles. The molecule has 4 aromatic rings. The monoisotopic (exact) mass is 520 g/mol. The quantitative estimate of drug-likeness (QED) is 0.261. The van der Waals surface area contributed by atoms with Crippen LogP contribution in [0.2, 0.25) is 0 Å². The van der Waals surface area contributed by atoms with E-state index in [0.717, 1.165) is 11.1 Å². The summed E-state index contributed by atoms with van der Waals surface area (Å²) in [4.78, 5) is 40.9. The van der Waals surface area contributed by atoms with Crippen LogP contribution in [-0.4, -0.2) is 28.7 Å². The van der Waals surface area contributed by atoms with Gasteiger partial charge in [-0.1, -0.05) is 72.8 Å². The Balaban J connectivity index is 1.28. The fourth-order valence-electron chi connectivity index (χ4n) is 4.51. The summed E-state index contributed by atoms with van der Waals surface area (Å²) in [5.41, 5.74) is 2.82. The standard InChI is InChI=1S/C32H28N2O5/c35-30(38-22-23-10-3-1-4-11-23)19-18-29(34-21-24-12-7-8-17-28(24)32(34)37)31(36)33-25-13-9-16-27(20-25)39-26-14-5-2-6-15-26/h1-17,20,29H,18-19,21-22H2,(H,33,36). The fourth-order valence-corrected chi connectivity index (χ4v) is 4.51. The van der Waals surface area contributed by atoms with E-state index in [1.807, 2.05) is 72.8 Å². The molecule has 1 aliphatic heterocycles. The van der Waals surface area contributed by atoms with Crippen molar-refractivity contribution in [3.05, 3.63) is 126 Å². The van der Waals surface area contributed by atoms with Crippen molar-refractivity contribution in [2.24, 2.45) is 0 Å². The molecule has 1 heterocycles. The lowest BCUT2D eigenvalue weighted by molar-refractivity contribution is -0.145. The molecule has 1 N–H and O–H groups in total. The second-order valence-electron chi connectivity index (χ2n) is 9.22. The molecule has 0 saturated heterocycles. The zero-order valence-corrected chi connectivity index (χ0v) is 21.3. The number of carbonyl (C=O) groups excluding carboxylic acids is 3. The van der Waals surface area contributed by atoms with E-state index in [4.69, 9.17) is 9.47 Å². The second-order valence-corrected chi connectivity index (χ2v) is 9.22. The first kappa shape index (κ1) is 25.7. The highest BCUT2D eigenvalue weighted by atomic mass is 16.5. The van der Waals surface area contributed by atoms with E-state index in [1.165, 1.54) is 4.90 Å². The molecule has 1 aliphatic rings. The van der Waals surface area contributed by atoms with Crippen molar-refractivity contribution in [2.45, 2.75) is 32.0 Å². The summed E-state index contributed by atoms with van der Waals surface area (Å²) < 4.78 is 11.3. The maximum Gasteiger partial charge on any atom is 0.306 e. The topological polar surface area (TPSA) is 84.9 Å². The van der Waals surface area contributed by atoms with Gasteiger partial charge in [-0.05, 0) is 47.9 Å². The molecule has 0 spiro atoms. The number of para-hydroxylation sites is 1. The molecule has 0 aliphatic carbocycles. The molecule has 7 nitrogen and oxygen atoms in total. The van der Waals surface area contributed by atoms with Crippen molar-refractivity contribution >= 4 is 23.5 Å². The zero-order valence-electron chi connectivity index (χ0n) is 21.3. The number of nitrogens with one attached hydrogen (secondary N) is 1. The summed E-state index contributed by atoms with van der Waals surface area (Å²) in [5, 5.41) is 2.91. The average molecular weight is 521 g/mol. The Hall–Kier alpha value is -4.91. The van der Waals surface area contributed by atoms with Gasteiger partial charge in [0.05, 0.1) is 0 Å². The van der Waals surface area contributed by atoms with Crippen molar-refractivity contribution in [1.29, 1.82) is 0 Å². The maximum absolute atomic E-state index is 13.6. The summed E-state index contributed by atoms with van der Waals surface area (Å²) in [6.07, 6.45) is 0.113. The molecule has 2 amide bonds. The van der Waals surface area contributed by atoms with Crippen LogP contribution in [0.4, 0.5) is 5.69 Å². The number of ether oxygens (including phenoxy) is 2. The molecule has 0 radical (unpaired) electrons. The summed E-state index contributed by atoms with van der Waals surface area (Å²) in [5.74, 6) is 0.186. The van der Waals surface area contributed by atoms with E-state index in [0.29, 0.717) is 29.3 Å².